The number of rotatable bonds is 3. The van der Waals surface area contributed by atoms with Crippen LogP contribution in [0, 0.1) is 6.92 Å². The molecule has 0 aromatic heterocycles. The molecule has 1 fully saturated rings. The fourth-order valence-electron chi connectivity index (χ4n) is 2.29. The highest BCUT2D eigenvalue weighted by Crippen LogP contribution is 2.23. The molecule has 0 saturated carbocycles. The number of thioether (sulfide) groups is 1. The molecule has 21 heavy (non-hydrogen) atoms. The van der Waals surface area contributed by atoms with Crippen LogP contribution in [-0.2, 0) is 9.53 Å². The maximum absolute atomic E-state index is 12.7. The standard InChI is InChI=1S/C15H20N2O3S/c1-3-20-15(19)13-9-21-7-6-17(13)14(18)11-8-10(2)4-5-12(11)16/h4-5,8,13H,3,6-7,9,16H2,1-2H3. The van der Waals surface area contributed by atoms with E-state index < -0.39 is 6.04 Å². The second kappa shape index (κ2) is 6.85. The van der Waals surface area contributed by atoms with Crippen molar-refractivity contribution in [3.63, 3.8) is 0 Å². The average Bonchev–Trinajstić information content (AvgIpc) is 2.49. The molecule has 1 aromatic carbocycles. The first-order valence-electron chi connectivity index (χ1n) is 6.96. The summed E-state index contributed by atoms with van der Waals surface area (Å²) < 4.78 is 5.07. The number of nitrogens with zero attached hydrogens (tertiary/aromatic N) is 1. The van der Waals surface area contributed by atoms with Crippen molar-refractivity contribution in [2.24, 2.45) is 0 Å². The van der Waals surface area contributed by atoms with Crippen LogP contribution in [0.3, 0.4) is 0 Å². The van der Waals surface area contributed by atoms with Crippen LogP contribution < -0.4 is 5.73 Å². The highest BCUT2D eigenvalue weighted by Gasteiger charge is 2.34. The SMILES string of the molecule is CCOC(=O)C1CSCCN1C(=O)c1cc(C)ccc1N. The van der Waals surface area contributed by atoms with Crippen molar-refractivity contribution < 1.29 is 14.3 Å². The maximum Gasteiger partial charge on any atom is 0.329 e. The van der Waals surface area contributed by atoms with Gasteiger partial charge < -0.3 is 15.4 Å². The van der Waals surface area contributed by atoms with Gasteiger partial charge in [0.2, 0.25) is 0 Å². The Morgan fingerprint density at radius 1 is 1.48 bits per heavy atom. The zero-order valence-electron chi connectivity index (χ0n) is 12.3. The van der Waals surface area contributed by atoms with Crippen LogP contribution in [0.1, 0.15) is 22.8 Å². The van der Waals surface area contributed by atoms with Crippen LogP contribution in [0.15, 0.2) is 18.2 Å². The molecule has 114 valence electrons. The van der Waals surface area contributed by atoms with E-state index in [1.807, 2.05) is 13.0 Å². The zero-order valence-corrected chi connectivity index (χ0v) is 13.1. The normalized spacial score (nSPS) is 18.4. The number of nitrogens with two attached hydrogens (primary N) is 1. The lowest BCUT2D eigenvalue weighted by Crippen LogP contribution is -2.51. The monoisotopic (exact) mass is 308 g/mol. The third-order valence-corrected chi connectivity index (χ3v) is 4.41. The van der Waals surface area contributed by atoms with E-state index in [1.165, 1.54) is 0 Å². The Hall–Kier alpha value is -1.69. The van der Waals surface area contributed by atoms with Crippen molar-refractivity contribution in [3.8, 4) is 0 Å². The van der Waals surface area contributed by atoms with Gasteiger partial charge in [0.05, 0.1) is 12.2 Å². The van der Waals surface area contributed by atoms with Crippen LogP contribution in [0.4, 0.5) is 5.69 Å². The number of amides is 1. The minimum Gasteiger partial charge on any atom is -0.464 e. The van der Waals surface area contributed by atoms with Gasteiger partial charge in [-0.3, -0.25) is 4.79 Å². The van der Waals surface area contributed by atoms with E-state index >= 15 is 0 Å². The number of esters is 1. The van der Waals surface area contributed by atoms with Gasteiger partial charge in [-0.25, -0.2) is 4.79 Å². The lowest BCUT2D eigenvalue weighted by atomic mass is 10.1. The Kier molecular flexibility index (Phi) is 5.12. The van der Waals surface area contributed by atoms with Gasteiger partial charge in [-0.2, -0.15) is 11.8 Å². The van der Waals surface area contributed by atoms with E-state index in [0.29, 0.717) is 30.2 Å². The third kappa shape index (κ3) is 3.50. The Morgan fingerprint density at radius 2 is 2.24 bits per heavy atom. The first-order valence-corrected chi connectivity index (χ1v) is 8.11. The predicted octanol–water partition coefficient (Wildman–Crippen LogP) is 1.70. The molecule has 1 amide bonds. The number of benzene rings is 1. The third-order valence-electron chi connectivity index (χ3n) is 3.39. The van der Waals surface area contributed by atoms with Crippen LogP contribution in [0.5, 0.6) is 0 Å². The number of nitrogen functional groups attached to an aromatic ring is 1. The lowest BCUT2D eigenvalue weighted by Gasteiger charge is -2.34. The molecule has 1 unspecified atom stereocenters. The lowest BCUT2D eigenvalue weighted by molar-refractivity contribution is -0.147. The summed E-state index contributed by atoms with van der Waals surface area (Å²) in [4.78, 5) is 26.3. The van der Waals surface area contributed by atoms with Crippen LogP contribution in [0.2, 0.25) is 0 Å². The van der Waals surface area contributed by atoms with Gasteiger partial charge in [-0.05, 0) is 26.0 Å². The summed E-state index contributed by atoms with van der Waals surface area (Å²) in [5.74, 6) is 0.836. The molecule has 2 rings (SSSR count). The minimum absolute atomic E-state index is 0.199. The van der Waals surface area contributed by atoms with Gasteiger partial charge in [-0.15, -0.1) is 0 Å². The number of carbonyl (C=O) groups is 2. The van der Waals surface area contributed by atoms with E-state index in [-0.39, 0.29) is 11.9 Å². The van der Waals surface area contributed by atoms with Crippen molar-refractivity contribution in [1.29, 1.82) is 0 Å². The number of aryl methyl sites for hydroxylation is 1. The largest absolute Gasteiger partial charge is 0.464 e. The Balaban J connectivity index is 2.26. The Bertz CT molecular complexity index is 548. The molecule has 1 atom stereocenters. The highest BCUT2D eigenvalue weighted by molar-refractivity contribution is 7.99. The Morgan fingerprint density at radius 3 is 2.95 bits per heavy atom. The second-order valence-corrected chi connectivity index (χ2v) is 6.08. The predicted molar refractivity (Wildman–Crippen MR) is 84.4 cm³/mol. The van der Waals surface area contributed by atoms with E-state index in [2.05, 4.69) is 0 Å². The fourth-order valence-corrected chi connectivity index (χ4v) is 3.32. The smallest absolute Gasteiger partial charge is 0.329 e. The molecule has 1 aliphatic heterocycles. The summed E-state index contributed by atoms with van der Waals surface area (Å²) in [6.07, 6.45) is 0. The molecule has 1 aromatic rings. The molecule has 1 aliphatic rings. The quantitative estimate of drug-likeness (QED) is 0.679. The minimum atomic E-state index is -0.531. The number of carbonyl (C=O) groups excluding carboxylic acids is 2. The molecular weight excluding hydrogens is 288 g/mol. The molecule has 0 bridgehead atoms. The summed E-state index contributed by atoms with van der Waals surface area (Å²) in [6, 6.07) is 4.82. The van der Waals surface area contributed by atoms with Gasteiger partial charge in [0.25, 0.3) is 5.91 Å². The zero-order chi connectivity index (χ0) is 15.4. The van der Waals surface area contributed by atoms with Gasteiger partial charge in [0.15, 0.2) is 0 Å². The Labute approximate surface area is 128 Å². The van der Waals surface area contributed by atoms with Gasteiger partial charge in [-0.1, -0.05) is 11.6 Å². The number of anilines is 1. The molecule has 2 N–H and O–H groups in total. The number of ether oxygens (including phenoxy) is 1. The van der Waals surface area contributed by atoms with Crippen molar-refractivity contribution in [2.45, 2.75) is 19.9 Å². The van der Waals surface area contributed by atoms with Gasteiger partial charge in [0.1, 0.15) is 6.04 Å². The summed E-state index contributed by atoms with van der Waals surface area (Å²) in [5, 5.41) is 0. The molecule has 0 radical (unpaired) electrons. The summed E-state index contributed by atoms with van der Waals surface area (Å²) in [7, 11) is 0. The summed E-state index contributed by atoms with van der Waals surface area (Å²) in [5.41, 5.74) is 7.76. The molecule has 0 aliphatic carbocycles. The van der Waals surface area contributed by atoms with Crippen LogP contribution in [0.25, 0.3) is 0 Å². The van der Waals surface area contributed by atoms with E-state index in [9.17, 15) is 9.59 Å². The molecule has 5 nitrogen and oxygen atoms in total. The van der Waals surface area contributed by atoms with Crippen molar-refractivity contribution in [2.75, 3.05) is 30.4 Å². The van der Waals surface area contributed by atoms with Crippen molar-refractivity contribution in [3.05, 3.63) is 29.3 Å². The highest BCUT2D eigenvalue weighted by atomic mass is 32.2. The first kappa shape index (κ1) is 15.7. The first-order chi connectivity index (χ1) is 10.0. The number of hydrogen-bond acceptors (Lipinski definition) is 5. The summed E-state index contributed by atoms with van der Waals surface area (Å²) >= 11 is 1.65. The average molecular weight is 308 g/mol. The van der Waals surface area contributed by atoms with E-state index in [4.69, 9.17) is 10.5 Å². The van der Waals surface area contributed by atoms with Crippen molar-refractivity contribution in [1.82, 2.24) is 4.90 Å². The van der Waals surface area contributed by atoms with Gasteiger partial charge in [0, 0.05) is 23.7 Å². The van der Waals surface area contributed by atoms with Crippen LogP contribution in [-0.4, -0.2) is 47.5 Å². The van der Waals surface area contributed by atoms with E-state index in [1.54, 1.807) is 35.7 Å². The molecule has 0 spiro atoms. The molecular formula is C15H20N2O3S. The van der Waals surface area contributed by atoms with Crippen molar-refractivity contribution >= 4 is 29.3 Å². The van der Waals surface area contributed by atoms with E-state index in [0.717, 1.165) is 11.3 Å². The maximum atomic E-state index is 12.7. The van der Waals surface area contributed by atoms with Crippen LogP contribution >= 0.6 is 11.8 Å². The second-order valence-electron chi connectivity index (χ2n) is 4.93. The fraction of sp³-hybridized carbons (Fsp3) is 0.467. The topological polar surface area (TPSA) is 72.6 Å². The molecule has 1 saturated heterocycles. The number of hydrogen-bond donors (Lipinski definition) is 1. The molecule has 6 heteroatoms. The summed E-state index contributed by atoms with van der Waals surface area (Å²) in [6.45, 7) is 4.51. The molecule has 1 heterocycles. The van der Waals surface area contributed by atoms with Gasteiger partial charge >= 0.3 is 5.97 Å².